The first-order valence-electron chi connectivity index (χ1n) is 6.03. The second kappa shape index (κ2) is 4.90. The molecule has 0 atom stereocenters. The van der Waals surface area contributed by atoms with Crippen molar-refractivity contribution in [3.8, 4) is 22.8 Å². The lowest BCUT2D eigenvalue weighted by Crippen LogP contribution is -1.93. The van der Waals surface area contributed by atoms with E-state index in [0.29, 0.717) is 21.5 Å². The molecule has 4 nitrogen and oxygen atoms in total. The summed E-state index contributed by atoms with van der Waals surface area (Å²) in [6.45, 7) is 2.32. The first-order valence-corrected chi connectivity index (χ1v) is 7.23. The highest BCUT2D eigenvalue weighted by Crippen LogP contribution is 2.43. The first kappa shape index (κ1) is 12.6. The van der Waals surface area contributed by atoms with Gasteiger partial charge in [-0.05, 0) is 25.0 Å². The molecule has 6 heteroatoms. The number of benzene rings is 1. The van der Waals surface area contributed by atoms with Crippen LogP contribution in [-0.4, -0.2) is 11.8 Å². The van der Waals surface area contributed by atoms with Gasteiger partial charge in [0.25, 0.3) is 0 Å². The third kappa shape index (κ3) is 2.24. The summed E-state index contributed by atoms with van der Waals surface area (Å²) >= 11 is 7.70. The Bertz CT molecular complexity index is 627. The van der Waals surface area contributed by atoms with Crippen LogP contribution in [-0.2, 0) is 6.42 Å². The van der Waals surface area contributed by atoms with Gasteiger partial charge in [0, 0.05) is 5.56 Å². The third-order valence-corrected chi connectivity index (χ3v) is 4.09. The minimum Gasteiger partial charge on any atom is -0.454 e. The van der Waals surface area contributed by atoms with Crippen LogP contribution in [0.25, 0.3) is 11.3 Å². The SMILES string of the molecule is CCCc1nc(-c2cc(Cl)c3c(c2)OCO3)c(N)s1. The fourth-order valence-electron chi connectivity index (χ4n) is 2.01. The van der Waals surface area contributed by atoms with Crippen LogP contribution in [0.5, 0.6) is 11.5 Å². The number of anilines is 1. The number of thiazole rings is 1. The van der Waals surface area contributed by atoms with Crippen molar-refractivity contribution in [1.29, 1.82) is 0 Å². The fourth-order valence-corrected chi connectivity index (χ4v) is 3.23. The lowest BCUT2D eigenvalue weighted by atomic mass is 10.1. The van der Waals surface area contributed by atoms with E-state index < -0.39 is 0 Å². The highest BCUT2D eigenvalue weighted by atomic mass is 35.5. The van der Waals surface area contributed by atoms with Crippen molar-refractivity contribution < 1.29 is 9.47 Å². The monoisotopic (exact) mass is 296 g/mol. The number of nitrogens with zero attached hydrogens (tertiary/aromatic N) is 1. The molecular formula is C13H13ClN2O2S. The van der Waals surface area contributed by atoms with E-state index in [1.165, 1.54) is 11.3 Å². The molecule has 0 bridgehead atoms. The Morgan fingerprint density at radius 3 is 3.05 bits per heavy atom. The molecule has 1 aromatic carbocycles. The number of hydrogen-bond donors (Lipinski definition) is 1. The molecule has 100 valence electrons. The molecule has 1 aromatic heterocycles. The number of nitrogen functional groups attached to an aromatic ring is 1. The Labute approximate surface area is 120 Å². The van der Waals surface area contributed by atoms with E-state index in [9.17, 15) is 0 Å². The second-order valence-corrected chi connectivity index (χ2v) is 5.78. The molecule has 0 aliphatic carbocycles. The quantitative estimate of drug-likeness (QED) is 0.937. The van der Waals surface area contributed by atoms with Gasteiger partial charge in [-0.2, -0.15) is 0 Å². The first-order chi connectivity index (χ1) is 9.19. The highest BCUT2D eigenvalue weighted by molar-refractivity contribution is 7.16. The number of rotatable bonds is 3. The molecule has 0 fully saturated rings. The zero-order chi connectivity index (χ0) is 13.4. The zero-order valence-corrected chi connectivity index (χ0v) is 12.0. The summed E-state index contributed by atoms with van der Waals surface area (Å²) in [7, 11) is 0. The van der Waals surface area contributed by atoms with Crippen LogP contribution < -0.4 is 15.2 Å². The van der Waals surface area contributed by atoms with E-state index in [4.69, 9.17) is 26.8 Å². The van der Waals surface area contributed by atoms with Gasteiger partial charge in [0.2, 0.25) is 6.79 Å². The van der Waals surface area contributed by atoms with Crippen molar-refractivity contribution in [3.05, 3.63) is 22.2 Å². The van der Waals surface area contributed by atoms with Crippen LogP contribution in [0.15, 0.2) is 12.1 Å². The Hall–Kier alpha value is -1.46. The predicted octanol–water partition coefficient (Wildman–Crippen LogP) is 3.73. The largest absolute Gasteiger partial charge is 0.454 e. The summed E-state index contributed by atoms with van der Waals surface area (Å²) in [6.07, 6.45) is 1.99. The van der Waals surface area contributed by atoms with Crippen LogP contribution >= 0.6 is 22.9 Å². The molecule has 2 aromatic rings. The summed E-state index contributed by atoms with van der Waals surface area (Å²) in [5, 5.41) is 2.27. The van der Waals surface area contributed by atoms with Crippen LogP contribution in [0, 0.1) is 0 Å². The Morgan fingerprint density at radius 2 is 2.26 bits per heavy atom. The van der Waals surface area contributed by atoms with Crippen LogP contribution in [0.4, 0.5) is 5.00 Å². The average Bonchev–Trinajstić information content (AvgIpc) is 2.96. The molecule has 2 N–H and O–H groups in total. The molecule has 2 heterocycles. The van der Waals surface area contributed by atoms with Crippen molar-refractivity contribution in [2.24, 2.45) is 0 Å². The summed E-state index contributed by atoms with van der Waals surface area (Å²) in [5.41, 5.74) is 7.68. The summed E-state index contributed by atoms with van der Waals surface area (Å²) in [5.74, 6) is 1.24. The number of nitrogens with two attached hydrogens (primary N) is 1. The van der Waals surface area contributed by atoms with E-state index in [2.05, 4.69) is 11.9 Å². The van der Waals surface area contributed by atoms with Crippen molar-refractivity contribution in [3.63, 3.8) is 0 Å². The molecule has 0 radical (unpaired) electrons. The van der Waals surface area contributed by atoms with E-state index in [1.54, 1.807) is 0 Å². The van der Waals surface area contributed by atoms with Gasteiger partial charge < -0.3 is 15.2 Å². The number of ether oxygens (including phenoxy) is 2. The Kier molecular flexibility index (Phi) is 3.24. The summed E-state index contributed by atoms with van der Waals surface area (Å²) < 4.78 is 10.7. The predicted molar refractivity (Wildman–Crippen MR) is 77.1 cm³/mol. The molecule has 0 unspecified atom stereocenters. The average molecular weight is 297 g/mol. The van der Waals surface area contributed by atoms with Crippen molar-refractivity contribution >= 4 is 27.9 Å². The lowest BCUT2D eigenvalue weighted by molar-refractivity contribution is 0.174. The Balaban J connectivity index is 2.05. The van der Waals surface area contributed by atoms with Gasteiger partial charge in [0.1, 0.15) is 10.7 Å². The smallest absolute Gasteiger partial charge is 0.231 e. The summed E-state index contributed by atoms with van der Waals surface area (Å²) in [6, 6.07) is 3.69. The zero-order valence-electron chi connectivity index (χ0n) is 10.4. The maximum absolute atomic E-state index is 6.17. The van der Waals surface area contributed by atoms with Gasteiger partial charge in [-0.3, -0.25) is 0 Å². The van der Waals surface area contributed by atoms with E-state index >= 15 is 0 Å². The van der Waals surface area contributed by atoms with Crippen molar-refractivity contribution in [2.45, 2.75) is 19.8 Å². The number of hydrogen-bond acceptors (Lipinski definition) is 5. The van der Waals surface area contributed by atoms with Crippen LogP contribution in [0.2, 0.25) is 5.02 Å². The molecular weight excluding hydrogens is 284 g/mol. The standard InChI is InChI=1S/C13H13ClN2O2S/c1-2-3-10-16-11(13(15)19-10)7-4-8(14)12-9(5-7)17-6-18-12/h4-5H,2-3,6,15H2,1H3. The lowest BCUT2D eigenvalue weighted by Gasteiger charge is -2.03. The van der Waals surface area contributed by atoms with Crippen LogP contribution in [0.3, 0.4) is 0 Å². The normalized spacial score (nSPS) is 12.9. The van der Waals surface area contributed by atoms with Crippen molar-refractivity contribution in [1.82, 2.24) is 4.98 Å². The van der Waals surface area contributed by atoms with Crippen molar-refractivity contribution in [2.75, 3.05) is 12.5 Å². The van der Waals surface area contributed by atoms with E-state index in [1.807, 2.05) is 12.1 Å². The molecule has 1 aliphatic rings. The second-order valence-electron chi connectivity index (χ2n) is 4.26. The maximum atomic E-state index is 6.17. The number of halogens is 1. The minimum absolute atomic E-state index is 0.201. The van der Waals surface area contributed by atoms with E-state index in [-0.39, 0.29) is 6.79 Å². The van der Waals surface area contributed by atoms with E-state index in [0.717, 1.165) is 29.1 Å². The number of aryl methyl sites for hydroxylation is 1. The molecule has 1 aliphatic heterocycles. The van der Waals surface area contributed by atoms with Gasteiger partial charge in [-0.25, -0.2) is 4.98 Å². The van der Waals surface area contributed by atoms with Crippen LogP contribution in [0.1, 0.15) is 18.4 Å². The maximum Gasteiger partial charge on any atom is 0.231 e. The molecule has 0 saturated carbocycles. The molecule has 0 amide bonds. The molecule has 0 spiro atoms. The molecule has 19 heavy (non-hydrogen) atoms. The molecule has 3 rings (SSSR count). The Morgan fingerprint density at radius 1 is 1.42 bits per heavy atom. The van der Waals surface area contributed by atoms with Gasteiger partial charge in [0.05, 0.1) is 10.0 Å². The van der Waals surface area contributed by atoms with Gasteiger partial charge in [-0.1, -0.05) is 18.5 Å². The topological polar surface area (TPSA) is 57.4 Å². The fraction of sp³-hybridized carbons (Fsp3) is 0.308. The molecule has 0 saturated heterocycles. The van der Waals surface area contributed by atoms with Gasteiger partial charge in [0.15, 0.2) is 11.5 Å². The van der Waals surface area contributed by atoms with Gasteiger partial charge in [-0.15, -0.1) is 11.3 Å². The van der Waals surface area contributed by atoms with Gasteiger partial charge >= 0.3 is 0 Å². The number of aromatic nitrogens is 1. The highest BCUT2D eigenvalue weighted by Gasteiger charge is 2.20. The minimum atomic E-state index is 0.201. The summed E-state index contributed by atoms with van der Waals surface area (Å²) in [4.78, 5) is 4.57. The third-order valence-electron chi connectivity index (χ3n) is 2.86. The number of fused-ring (bicyclic) bond motifs is 1.